The molecule has 6 rings (SSSR count). The summed E-state index contributed by atoms with van der Waals surface area (Å²) in [6.07, 6.45) is -3.42. The average molecular weight is 513 g/mol. The van der Waals surface area contributed by atoms with Crippen LogP contribution in [0.15, 0.2) is 12.2 Å². The first-order valence-corrected chi connectivity index (χ1v) is 13.1. The van der Waals surface area contributed by atoms with E-state index in [1.807, 2.05) is 0 Å². The van der Waals surface area contributed by atoms with Crippen molar-refractivity contribution in [3.05, 3.63) is 12.2 Å². The molecular weight excluding hydrogens is 472 g/mol. The van der Waals surface area contributed by atoms with Gasteiger partial charge in [0.1, 0.15) is 12.2 Å². The molecule has 11 atom stereocenters. The lowest BCUT2D eigenvalue weighted by Gasteiger charge is -2.76. The number of rotatable bonds is 7. The van der Waals surface area contributed by atoms with Crippen molar-refractivity contribution in [1.29, 1.82) is 0 Å². The van der Waals surface area contributed by atoms with E-state index in [0.717, 1.165) is 0 Å². The number of ether oxygens (including phenoxy) is 2. The van der Waals surface area contributed by atoms with E-state index in [9.17, 15) is 20.1 Å². The number of fused-ring (bicyclic) bond motifs is 2. The molecule has 0 aromatic rings. The predicted octanol–water partition coefficient (Wildman–Crippen LogP) is 1.66. The van der Waals surface area contributed by atoms with Gasteiger partial charge < -0.3 is 24.8 Å². The van der Waals surface area contributed by atoms with Gasteiger partial charge in [0.05, 0.1) is 37.4 Å². The van der Waals surface area contributed by atoms with Crippen molar-refractivity contribution < 1.29 is 49.1 Å². The minimum atomic E-state index is -2.12. The van der Waals surface area contributed by atoms with Crippen molar-refractivity contribution in [3.63, 3.8) is 0 Å². The van der Waals surface area contributed by atoms with Crippen LogP contribution >= 0.6 is 0 Å². The number of esters is 1. The quantitative estimate of drug-likeness (QED) is 0.200. The topological polar surface area (TPSA) is 133 Å². The van der Waals surface area contributed by atoms with Gasteiger partial charge in [-0.1, -0.05) is 20.4 Å². The van der Waals surface area contributed by atoms with Crippen LogP contribution in [0.3, 0.4) is 0 Å². The highest BCUT2D eigenvalue weighted by Crippen LogP contribution is 2.78. The van der Waals surface area contributed by atoms with Gasteiger partial charge in [0.2, 0.25) is 5.79 Å². The SMILES string of the molecule is C=C1[C@@H](OOCC)C23C([C@H](OC(C)=O)C[C@@H]1[C@H]2O)C12COC3(O)[C@H](OOCC)C1C(C)(C)CC[C@@H]2O. The van der Waals surface area contributed by atoms with E-state index in [0.29, 0.717) is 18.4 Å². The molecule has 6 fully saturated rings. The fourth-order valence-electron chi connectivity index (χ4n) is 8.95. The van der Waals surface area contributed by atoms with Crippen LogP contribution in [-0.4, -0.2) is 77.4 Å². The highest BCUT2D eigenvalue weighted by atomic mass is 17.2. The van der Waals surface area contributed by atoms with Gasteiger partial charge in [0, 0.05) is 30.1 Å². The number of hydrogen-bond acceptors (Lipinski definition) is 10. The van der Waals surface area contributed by atoms with Crippen molar-refractivity contribution in [3.8, 4) is 0 Å². The molecule has 2 heterocycles. The van der Waals surface area contributed by atoms with Crippen LogP contribution in [-0.2, 0) is 33.8 Å². The number of aliphatic hydroxyl groups is 3. The summed E-state index contributed by atoms with van der Waals surface area (Å²) >= 11 is 0. The molecule has 0 aromatic carbocycles. The summed E-state index contributed by atoms with van der Waals surface area (Å²) in [4.78, 5) is 35.0. The zero-order valence-electron chi connectivity index (χ0n) is 21.8. The third-order valence-corrected chi connectivity index (χ3v) is 9.91. The van der Waals surface area contributed by atoms with Gasteiger partial charge in [0.25, 0.3) is 0 Å². The number of carbonyl (C=O) groups excluding carboxylic acids is 1. The zero-order valence-corrected chi connectivity index (χ0v) is 21.8. The molecule has 2 spiro atoms. The molecule has 10 heteroatoms. The summed E-state index contributed by atoms with van der Waals surface area (Å²) in [5.41, 5.74) is -2.53. The van der Waals surface area contributed by atoms with Crippen molar-refractivity contribution in [2.75, 3.05) is 19.8 Å². The van der Waals surface area contributed by atoms with Gasteiger partial charge in [-0.15, -0.1) is 0 Å². The molecule has 0 amide bonds. The molecule has 2 aliphatic heterocycles. The van der Waals surface area contributed by atoms with E-state index in [-0.39, 0.29) is 26.2 Å². The summed E-state index contributed by atoms with van der Waals surface area (Å²) < 4.78 is 12.2. The molecule has 0 radical (unpaired) electrons. The van der Waals surface area contributed by atoms with Crippen LogP contribution < -0.4 is 0 Å². The molecule has 4 saturated carbocycles. The van der Waals surface area contributed by atoms with Crippen molar-refractivity contribution in [1.82, 2.24) is 0 Å². The Hall–Kier alpha value is -1.11. The summed E-state index contributed by atoms with van der Waals surface area (Å²) in [5, 5.41) is 36.4. The zero-order chi connectivity index (χ0) is 26.3. The minimum Gasteiger partial charge on any atom is -0.462 e. The van der Waals surface area contributed by atoms with E-state index in [2.05, 4.69) is 20.4 Å². The molecule has 0 aromatic heterocycles. The molecule has 4 aliphatic carbocycles. The first-order valence-electron chi connectivity index (χ1n) is 13.1. The van der Waals surface area contributed by atoms with E-state index in [1.54, 1.807) is 13.8 Å². The minimum absolute atomic E-state index is 0.000146. The maximum Gasteiger partial charge on any atom is 0.302 e. The number of hydrogen-bond donors (Lipinski definition) is 3. The molecule has 2 saturated heterocycles. The Labute approximate surface area is 211 Å². The molecule has 36 heavy (non-hydrogen) atoms. The Morgan fingerprint density at radius 2 is 1.81 bits per heavy atom. The summed E-state index contributed by atoms with van der Waals surface area (Å²) in [5.74, 6) is -4.33. The van der Waals surface area contributed by atoms with Crippen LogP contribution in [0.2, 0.25) is 0 Å². The number of aliphatic hydroxyl groups excluding tert-OH is 2. The first kappa shape index (κ1) is 26.5. The van der Waals surface area contributed by atoms with Crippen LogP contribution in [0.5, 0.6) is 0 Å². The Balaban J connectivity index is 1.80. The van der Waals surface area contributed by atoms with Crippen molar-refractivity contribution >= 4 is 5.97 Å². The smallest absolute Gasteiger partial charge is 0.302 e. The van der Waals surface area contributed by atoms with Crippen molar-refractivity contribution in [2.45, 2.75) is 90.2 Å². The standard InChI is InChI=1S/C26H40O10/c1-7-32-35-21-13(3)15-11-16(34-14(4)27)18-24-12-31-26(30,25(18,21)20(15)29)22(36-33-8-2)19(24)23(5,6)10-9-17(24)28/h15-22,28-30H,3,7-12H2,1-2,4-6H3/t15-,16+,17-,18?,19?,20+,21+,22+,24?,25?,26?/m0/s1. The molecular formula is C26H40O10. The fourth-order valence-corrected chi connectivity index (χ4v) is 8.95. The van der Waals surface area contributed by atoms with Gasteiger partial charge in [-0.05, 0) is 44.1 Å². The van der Waals surface area contributed by atoms with Crippen molar-refractivity contribution in [2.24, 2.45) is 34.0 Å². The van der Waals surface area contributed by atoms with E-state index in [4.69, 9.17) is 29.0 Å². The van der Waals surface area contributed by atoms with Gasteiger partial charge in [-0.25, -0.2) is 19.6 Å². The van der Waals surface area contributed by atoms with Crippen LogP contribution in [0, 0.1) is 34.0 Å². The second-order valence-corrected chi connectivity index (χ2v) is 11.8. The summed E-state index contributed by atoms with van der Waals surface area (Å²) in [6, 6.07) is 0. The lowest BCUT2D eigenvalue weighted by Crippen LogP contribution is -2.88. The maximum absolute atomic E-state index is 12.7. The number of carbonyl (C=O) groups is 1. The van der Waals surface area contributed by atoms with Gasteiger partial charge in [-0.3, -0.25) is 4.79 Å². The maximum atomic E-state index is 12.7. The average Bonchev–Trinajstić information content (AvgIpc) is 2.93. The van der Waals surface area contributed by atoms with Crippen LogP contribution in [0.4, 0.5) is 0 Å². The predicted molar refractivity (Wildman–Crippen MR) is 124 cm³/mol. The van der Waals surface area contributed by atoms with E-state index < -0.39 is 76.3 Å². The fraction of sp³-hybridized carbons (Fsp3) is 0.885. The second-order valence-electron chi connectivity index (χ2n) is 11.8. The van der Waals surface area contributed by atoms with Gasteiger partial charge in [0.15, 0.2) is 6.10 Å². The normalized spacial score (nSPS) is 50.5. The Kier molecular flexibility index (Phi) is 6.41. The molecule has 3 N–H and O–H groups in total. The van der Waals surface area contributed by atoms with Gasteiger partial charge >= 0.3 is 5.97 Å². The lowest BCUT2D eigenvalue weighted by molar-refractivity contribution is -0.530. The van der Waals surface area contributed by atoms with Crippen LogP contribution in [0.25, 0.3) is 0 Å². The van der Waals surface area contributed by atoms with Crippen LogP contribution in [0.1, 0.15) is 53.9 Å². The molecule has 5 unspecified atom stereocenters. The highest BCUT2D eigenvalue weighted by Gasteiger charge is 2.89. The summed E-state index contributed by atoms with van der Waals surface area (Å²) in [7, 11) is 0. The van der Waals surface area contributed by atoms with E-state index >= 15 is 0 Å². The largest absolute Gasteiger partial charge is 0.462 e. The summed E-state index contributed by atoms with van der Waals surface area (Å²) in [6.45, 7) is 13.7. The third-order valence-electron chi connectivity index (χ3n) is 9.91. The lowest BCUT2D eigenvalue weighted by atomic mass is 9.35. The molecule has 10 nitrogen and oxygen atoms in total. The van der Waals surface area contributed by atoms with Gasteiger partial charge in [-0.2, -0.15) is 0 Å². The molecule has 6 aliphatic rings. The van der Waals surface area contributed by atoms with E-state index in [1.165, 1.54) is 6.92 Å². The Morgan fingerprint density at radius 1 is 1.14 bits per heavy atom. The third kappa shape index (κ3) is 3.04. The highest BCUT2D eigenvalue weighted by molar-refractivity contribution is 5.66. The Morgan fingerprint density at radius 3 is 2.44 bits per heavy atom. The Bertz CT molecular complexity index is 907. The molecule has 204 valence electrons. The molecule has 4 bridgehead atoms. The second kappa shape index (κ2) is 8.71. The monoisotopic (exact) mass is 512 g/mol. The first-order chi connectivity index (χ1) is 16.9.